The standard InChI is InChI=1S/C15H12F6N2O3/c1-6-9(4-3-8(5-22)10(6)14(16,17)18)23-11(7(2)26-13(23)25)12(24)15(19,20)21/h3-4,7,11-12,24H,1-2H3/t7?,11?,12-/m0/s1. The molecular weight excluding hydrogens is 370 g/mol. The largest absolute Gasteiger partial charge is 0.444 e. The third-order valence-corrected chi connectivity index (χ3v) is 4.02. The van der Waals surface area contributed by atoms with Crippen molar-refractivity contribution in [3.63, 3.8) is 0 Å². The Morgan fingerprint density at radius 3 is 2.31 bits per heavy atom. The van der Waals surface area contributed by atoms with Crippen molar-refractivity contribution in [2.24, 2.45) is 0 Å². The SMILES string of the molecule is Cc1c(N2C(=O)OC(C)C2[C@H](O)C(F)(F)F)ccc(C#N)c1C(F)(F)F. The molecule has 0 spiro atoms. The molecule has 2 unspecified atom stereocenters. The van der Waals surface area contributed by atoms with E-state index in [4.69, 9.17) is 5.26 Å². The zero-order valence-corrected chi connectivity index (χ0v) is 13.3. The first-order chi connectivity index (χ1) is 11.8. The van der Waals surface area contributed by atoms with Crippen LogP contribution in [-0.4, -0.2) is 35.6 Å². The third-order valence-electron chi connectivity index (χ3n) is 4.02. The lowest BCUT2D eigenvalue weighted by molar-refractivity contribution is -0.212. The number of aliphatic hydroxyl groups excluding tert-OH is 1. The van der Waals surface area contributed by atoms with E-state index in [0.29, 0.717) is 4.90 Å². The molecule has 0 saturated carbocycles. The average molecular weight is 382 g/mol. The highest BCUT2D eigenvalue weighted by atomic mass is 19.4. The molecule has 0 bridgehead atoms. The van der Waals surface area contributed by atoms with Crippen LogP contribution in [0.15, 0.2) is 12.1 Å². The van der Waals surface area contributed by atoms with Crippen LogP contribution in [0.25, 0.3) is 0 Å². The maximum Gasteiger partial charge on any atom is 0.418 e. The van der Waals surface area contributed by atoms with Crippen LogP contribution < -0.4 is 4.90 Å². The molecule has 1 aliphatic heterocycles. The van der Waals surface area contributed by atoms with Crippen LogP contribution in [0.2, 0.25) is 0 Å². The Balaban J connectivity index is 2.66. The van der Waals surface area contributed by atoms with Gasteiger partial charge in [0, 0.05) is 0 Å². The van der Waals surface area contributed by atoms with E-state index >= 15 is 0 Å². The van der Waals surface area contributed by atoms with E-state index in [9.17, 15) is 36.2 Å². The number of nitriles is 1. The fourth-order valence-corrected chi connectivity index (χ4v) is 2.89. The zero-order valence-electron chi connectivity index (χ0n) is 13.3. The molecular formula is C15H12F6N2O3. The Bertz CT molecular complexity index is 768. The van der Waals surface area contributed by atoms with Crippen LogP contribution in [0, 0.1) is 18.3 Å². The van der Waals surface area contributed by atoms with E-state index in [0.717, 1.165) is 26.0 Å². The fourth-order valence-electron chi connectivity index (χ4n) is 2.89. The number of halogens is 6. The summed E-state index contributed by atoms with van der Waals surface area (Å²) >= 11 is 0. The quantitative estimate of drug-likeness (QED) is 0.795. The van der Waals surface area contributed by atoms with Crippen molar-refractivity contribution in [1.82, 2.24) is 0 Å². The van der Waals surface area contributed by atoms with Gasteiger partial charge in [0.1, 0.15) is 12.1 Å². The van der Waals surface area contributed by atoms with Crippen molar-refractivity contribution >= 4 is 11.8 Å². The van der Waals surface area contributed by atoms with Gasteiger partial charge in [0.05, 0.1) is 22.9 Å². The Morgan fingerprint density at radius 2 is 1.85 bits per heavy atom. The number of cyclic esters (lactones) is 1. The normalized spacial score (nSPS) is 22.2. The number of hydrogen-bond acceptors (Lipinski definition) is 4. The van der Waals surface area contributed by atoms with Crippen LogP contribution in [0.1, 0.15) is 23.6 Å². The topological polar surface area (TPSA) is 73.6 Å². The number of amides is 1. The number of anilines is 1. The van der Waals surface area contributed by atoms with E-state index in [1.54, 1.807) is 0 Å². The van der Waals surface area contributed by atoms with Crippen LogP contribution >= 0.6 is 0 Å². The van der Waals surface area contributed by atoms with Crippen molar-refractivity contribution in [2.75, 3.05) is 4.90 Å². The summed E-state index contributed by atoms with van der Waals surface area (Å²) < 4.78 is 83.2. The van der Waals surface area contributed by atoms with Crippen molar-refractivity contribution in [2.45, 2.75) is 44.4 Å². The molecule has 1 aromatic carbocycles. The van der Waals surface area contributed by atoms with Gasteiger partial charge in [-0.1, -0.05) is 0 Å². The number of hydrogen-bond donors (Lipinski definition) is 1. The van der Waals surface area contributed by atoms with Gasteiger partial charge in [-0.2, -0.15) is 31.6 Å². The molecule has 1 saturated heterocycles. The molecule has 0 aromatic heterocycles. The summed E-state index contributed by atoms with van der Waals surface area (Å²) in [5.41, 5.74) is -3.27. The van der Waals surface area contributed by atoms with Crippen LogP contribution in [0.5, 0.6) is 0 Å². The summed E-state index contributed by atoms with van der Waals surface area (Å²) in [6.45, 7) is 2.01. The Morgan fingerprint density at radius 1 is 1.27 bits per heavy atom. The zero-order chi connectivity index (χ0) is 20.0. The molecule has 26 heavy (non-hydrogen) atoms. The third kappa shape index (κ3) is 3.29. The van der Waals surface area contributed by atoms with Gasteiger partial charge in [-0.15, -0.1) is 0 Å². The van der Waals surface area contributed by atoms with Crippen molar-refractivity contribution in [1.29, 1.82) is 5.26 Å². The Hall–Kier alpha value is -2.48. The lowest BCUT2D eigenvalue weighted by atomic mass is 9.97. The second-order valence-corrected chi connectivity index (χ2v) is 5.68. The molecule has 142 valence electrons. The van der Waals surface area contributed by atoms with Crippen molar-refractivity contribution < 1.29 is 41.0 Å². The highest BCUT2D eigenvalue weighted by Crippen LogP contribution is 2.41. The van der Waals surface area contributed by atoms with E-state index in [1.165, 1.54) is 6.07 Å². The second kappa shape index (κ2) is 6.35. The molecule has 3 atom stereocenters. The maximum atomic E-state index is 13.3. The molecule has 1 aliphatic rings. The molecule has 0 aliphatic carbocycles. The number of aliphatic hydroxyl groups is 1. The minimum atomic E-state index is -5.13. The summed E-state index contributed by atoms with van der Waals surface area (Å²) in [4.78, 5) is 12.3. The molecule has 2 rings (SSSR count). The lowest BCUT2D eigenvalue weighted by Gasteiger charge is -2.30. The Kier molecular flexibility index (Phi) is 4.85. The number of carbonyl (C=O) groups excluding carboxylic acids is 1. The molecule has 1 N–H and O–H groups in total. The van der Waals surface area contributed by atoms with Gasteiger partial charge in [0.25, 0.3) is 0 Å². The number of alkyl halides is 6. The van der Waals surface area contributed by atoms with Gasteiger partial charge in [0.15, 0.2) is 6.10 Å². The van der Waals surface area contributed by atoms with Crippen LogP contribution in [-0.2, 0) is 10.9 Å². The molecule has 1 amide bonds. The number of rotatable bonds is 2. The van der Waals surface area contributed by atoms with Crippen LogP contribution in [0.4, 0.5) is 36.8 Å². The molecule has 0 radical (unpaired) electrons. The van der Waals surface area contributed by atoms with Gasteiger partial charge >= 0.3 is 18.4 Å². The smallest absolute Gasteiger partial charge is 0.418 e. The van der Waals surface area contributed by atoms with Gasteiger partial charge in [-0.25, -0.2) is 4.79 Å². The van der Waals surface area contributed by atoms with E-state index < -0.39 is 59.1 Å². The summed E-state index contributed by atoms with van der Waals surface area (Å²) in [7, 11) is 0. The predicted octanol–water partition coefficient (Wildman–Crippen LogP) is 3.52. The number of benzene rings is 1. The van der Waals surface area contributed by atoms with Crippen LogP contribution in [0.3, 0.4) is 0 Å². The average Bonchev–Trinajstić information content (AvgIpc) is 2.77. The minimum Gasteiger partial charge on any atom is -0.444 e. The molecule has 1 aromatic rings. The predicted molar refractivity (Wildman–Crippen MR) is 75.2 cm³/mol. The summed E-state index contributed by atoms with van der Waals surface area (Å²) in [6.07, 6.45) is -15.9. The number of carbonyl (C=O) groups is 1. The van der Waals surface area contributed by atoms with Gasteiger partial charge < -0.3 is 9.84 Å². The fraction of sp³-hybridized carbons (Fsp3) is 0.467. The lowest BCUT2D eigenvalue weighted by Crippen LogP contribution is -2.51. The number of ether oxygens (including phenoxy) is 1. The molecule has 1 heterocycles. The molecule has 11 heteroatoms. The van der Waals surface area contributed by atoms with Gasteiger partial charge in [0.2, 0.25) is 0 Å². The molecule has 1 fully saturated rings. The van der Waals surface area contributed by atoms with Gasteiger partial charge in [-0.05, 0) is 31.5 Å². The first kappa shape index (κ1) is 19.8. The maximum absolute atomic E-state index is 13.3. The highest BCUT2D eigenvalue weighted by Gasteiger charge is 2.54. The van der Waals surface area contributed by atoms with E-state index in [1.807, 2.05) is 0 Å². The summed E-state index contributed by atoms with van der Waals surface area (Å²) in [6, 6.07) is 1.04. The first-order valence-electron chi connectivity index (χ1n) is 7.16. The first-order valence-corrected chi connectivity index (χ1v) is 7.16. The molecule has 5 nitrogen and oxygen atoms in total. The highest BCUT2D eigenvalue weighted by molar-refractivity contribution is 5.92. The van der Waals surface area contributed by atoms with Gasteiger partial charge in [-0.3, -0.25) is 4.90 Å². The second-order valence-electron chi connectivity index (χ2n) is 5.68. The summed E-state index contributed by atoms with van der Waals surface area (Å²) in [5, 5.41) is 18.4. The Labute approximate surface area is 143 Å². The number of nitrogens with zero attached hydrogens (tertiary/aromatic N) is 2. The van der Waals surface area contributed by atoms with Crippen molar-refractivity contribution in [3.8, 4) is 6.07 Å². The monoisotopic (exact) mass is 382 g/mol. The summed E-state index contributed by atoms with van der Waals surface area (Å²) in [5.74, 6) is 0. The van der Waals surface area contributed by atoms with E-state index in [-0.39, 0.29) is 0 Å². The van der Waals surface area contributed by atoms with E-state index in [2.05, 4.69) is 4.74 Å². The van der Waals surface area contributed by atoms with Crippen molar-refractivity contribution in [3.05, 3.63) is 28.8 Å². The minimum absolute atomic E-state index is 0.342.